The van der Waals surface area contributed by atoms with Gasteiger partial charge in [0, 0.05) is 12.2 Å². The topological polar surface area (TPSA) is 75.7 Å². The fourth-order valence-electron chi connectivity index (χ4n) is 2.67. The molecule has 1 N–H and O–H groups in total. The van der Waals surface area contributed by atoms with Crippen LogP contribution in [-0.4, -0.2) is 53.0 Å². The van der Waals surface area contributed by atoms with Gasteiger partial charge in [0.1, 0.15) is 12.1 Å². The van der Waals surface area contributed by atoms with Gasteiger partial charge in [-0.2, -0.15) is 0 Å². The van der Waals surface area contributed by atoms with Crippen LogP contribution in [0.3, 0.4) is 0 Å². The third-order valence-corrected chi connectivity index (χ3v) is 5.45. The van der Waals surface area contributed by atoms with Crippen LogP contribution < -0.4 is 5.32 Å². The van der Waals surface area contributed by atoms with Crippen molar-refractivity contribution in [1.82, 2.24) is 10.2 Å². The molecule has 1 saturated heterocycles. The van der Waals surface area contributed by atoms with Crippen molar-refractivity contribution in [2.24, 2.45) is 0 Å². The lowest BCUT2D eigenvalue weighted by Gasteiger charge is -2.30. The minimum Gasteiger partial charge on any atom is -0.467 e. The molecular weight excluding hydrogens is 328 g/mol. The number of methoxy groups -OCH3 is 1. The third-order valence-electron chi connectivity index (χ3n) is 4.05. The Balaban J connectivity index is 2.10. The van der Waals surface area contributed by atoms with Crippen LogP contribution in [0.25, 0.3) is 0 Å². The van der Waals surface area contributed by atoms with Crippen molar-refractivity contribution < 1.29 is 19.1 Å². The van der Waals surface area contributed by atoms with Gasteiger partial charge in [-0.1, -0.05) is 30.3 Å². The molecular formula is C17H22N2O4S. The van der Waals surface area contributed by atoms with Crippen LogP contribution in [0.1, 0.15) is 19.4 Å². The quantitative estimate of drug-likeness (QED) is 0.616. The molecule has 2 atom stereocenters. The average molecular weight is 350 g/mol. The molecule has 1 heterocycles. The molecule has 0 unspecified atom stereocenters. The van der Waals surface area contributed by atoms with E-state index in [1.54, 1.807) is 0 Å². The van der Waals surface area contributed by atoms with Gasteiger partial charge in [0.05, 0.1) is 12.0 Å². The highest BCUT2D eigenvalue weighted by atomic mass is 32.2. The number of rotatable bonds is 6. The van der Waals surface area contributed by atoms with E-state index in [-0.39, 0.29) is 5.91 Å². The normalized spacial score (nSPS) is 20.3. The van der Waals surface area contributed by atoms with Crippen molar-refractivity contribution in [2.45, 2.75) is 37.2 Å². The second-order valence-electron chi connectivity index (χ2n) is 6.06. The summed E-state index contributed by atoms with van der Waals surface area (Å²) in [6, 6.07) is 8.01. The molecule has 0 spiro atoms. The summed E-state index contributed by atoms with van der Waals surface area (Å²) in [5, 5.41) is 2.73. The fraction of sp³-hybridized carbons (Fsp3) is 0.471. The standard InChI is InChI=1S/C17H22N2O4S/c1-17(2)19(11-20)14(10-24-17)15(21)18-13(16(22)23-3)9-12-7-5-4-6-8-12/h4-8,11,13-14H,9-10H2,1-3H3,(H,18,21)/t13-,14-/m0/s1. The van der Waals surface area contributed by atoms with E-state index in [0.29, 0.717) is 18.6 Å². The summed E-state index contributed by atoms with van der Waals surface area (Å²) >= 11 is 1.53. The molecule has 7 heteroatoms. The number of esters is 1. The summed E-state index contributed by atoms with van der Waals surface area (Å²) in [7, 11) is 1.29. The maximum Gasteiger partial charge on any atom is 0.328 e. The molecule has 0 saturated carbocycles. The molecule has 0 aliphatic carbocycles. The Kier molecular flexibility index (Phi) is 5.88. The predicted molar refractivity (Wildman–Crippen MR) is 92.3 cm³/mol. The average Bonchev–Trinajstić information content (AvgIpc) is 2.88. The van der Waals surface area contributed by atoms with E-state index < -0.39 is 22.9 Å². The van der Waals surface area contributed by atoms with E-state index in [0.717, 1.165) is 5.56 Å². The van der Waals surface area contributed by atoms with Crippen LogP contribution in [0, 0.1) is 0 Å². The molecule has 0 bridgehead atoms. The first kappa shape index (κ1) is 18.3. The van der Waals surface area contributed by atoms with Crippen molar-refractivity contribution in [3.8, 4) is 0 Å². The number of amides is 2. The van der Waals surface area contributed by atoms with E-state index >= 15 is 0 Å². The lowest BCUT2D eigenvalue weighted by atomic mass is 10.1. The SMILES string of the molecule is COC(=O)[C@H](Cc1ccccc1)NC(=O)[C@@H]1CSC(C)(C)N1C=O. The summed E-state index contributed by atoms with van der Waals surface area (Å²) in [5.74, 6) is -0.349. The van der Waals surface area contributed by atoms with Crippen molar-refractivity contribution in [3.05, 3.63) is 35.9 Å². The largest absolute Gasteiger partial charge is 0.467 e. The molecule has 130 valence electrons. The number of benzene rings is 1. The molecule has 2 amide bonds. The molecule has 1 aliphatic rings. The van der Waals surface area contributed by atoms with Crippen LogP contribution in [0.15, 0.2) is 30.3 Å². The van der Waals surface area contributed by atoms with Gasteiger partial charge >= 0.3 is 5.97 Å². The first-order chi connectivity index (χ1) is 11.4. The van der Waals surface area contributed by atoms with Crippen LogP contribution in [-0.2, 0) is 25.5 Å². The van der Waals surface area contributed by atoms with Gasteiger partial charge in [0.2, 0.25) is 12.3 Å². The van der Waals surface area contributed by atoms with Gasteiger partial charge in [-0.15, -0.1) is 11.8 Å². The van der Waals surface area contributed by atoms with E-state index in [1.807, 2.05) is 44.2 Å². The molecule has 2 rings (SSSR count). The fourth-order valence-corrected chi connectivity index (χ4v) is 3.87. The summed E-state index contributed by atoms with van der Waals surface area (Å²) in [6.45, 7) is 3.78. The van der Waals surface area contributed by atoms with E-state index in [4.69, 9.17) is 4.74 Å². The van der Waals surface area contributed by atoms with Crippen molar-refractivity contribution in [2.75, 3.05) is 12.9 Å². The first-order valence-corrected chi connectivity index (χ1v) is 8.67. The van der Waals surface area contributed by atoms with Crippen molar-refractivity contribution >= 4 is 30.0 Å². The number of ether oxygens (including phenoxy) is 1. The second kappa shape index (κ2) is 7.70. The number of carbonyl (C=O) groups excluding carboxylic acids is 3. The van der Waals surface area contributed by atoms with Gasteiger partial charge in [-0.25, -0.2) is 4.79 Å². The Morgan fingerprint density at radius 2 is 2.08 bits per heavy atom. The zero-order chi connectivity index (χ0) is 17.7. The molecule has 1 aromatic rings. The number of hydrogen-bond donors (Lipinski definition) is 1. The highest BCUT2D eigenvalue weighted by Gasteiger charge is 2.43. The Morgan fingerprint density at radius 3 is 2.67 bits per heavy atom. The van der Waals surface area contributed by atoms with E-state index in [2.05, 4.69) is 5.32 Å². The number of thioether (sulfide) groups is 1. The number of nitrogens with one attached hydrogen (secondary N) is 1. The maximum absolute atomic E-state index is 12.6. The van der Waals surface area contributed by atoms with Gasteiger partial charge in [0.15, 0.2) is 0 Å². The number of carbonyl (C=O) groups is 3. The van der Waals surface area contributed by atoms with Crippen LogP contribution in [0.2, 0.25) is 0 Å². The Hall–Kier alpha value is -2.02. The maximum atomic E-state index is 12.6. The predicted octanol–water partition coefficient (Wildman–Crippen LogP) is 1.20. The van der Waals surface area contributed by atoms with Crippen molar-refractivity contribution in [1.29, 1.82) is 0 Å². The summed E-state index contributed by atoms with van der Waals surface area (Å²) in [4.78, 5) is 37.0. The molecule has 24 heavy (non-hydrogen) atoms. The highest BCUT2D eigenvalue weighted by molar-refractivity contribution is 8.00. The van der Waals surface area contributed by atoms with Gasteiger partial charge in [-0.05, 0) is 19.4 Å². The number of hydrogen-bond acceptors (Lipinski definition) is 5. The minimum atomic E-state index is -0.785. The first-order valence-electron chi connectivity index (χ1n) is 7.69. The third kappa shape index (κ3) is 4.08. The van der Waals surface area contributed by atoms with E-state index in [1.165, 1.54) is 23.8 Å². The van der Waals surface area contributed by atoms with Gasteiger partial charge in [-0.3, -0.25) is 9.59 Å². The van der Waals surface area contributed by atoms with E-state index in [9.17, 15) is 14.4 Å². The van der Waals surface area contributed by atoms with Crippen LogP contribution >= 0.6 is 11.8 Å². The molecule has 6 nitrogen and oxygen atoms in total. The molecule has 1 aromatic carbocycles. The smallest absolute Gasteiger partial charge is 0.328 e. The monoisotopic (exact) mass is 350 g/mol. The molecule has 1 aliphatic heterocycles. The summed E-state index contributed by atoms with van der Waals surface area (Å²) in [6.07, 6.45) is 1.03. The van der Waals surface area contributed by atoms with Crippen molar-refractivity contribution in [3.63, 3.8) is 0 Å². The van der Waals surface area contributed by atoms with Gasteiger partial charge in [0.25, 0.3) is 0 Å². The molecule has 1 fully saturated rings. The lowest BCUT2D eigenvalue weighted by molar-refractivity contribution is -0.146. The zero-order valence-corrected chi connectivity index (χ0v) is 14.8. The van der Waals surface area contributed by atoms with Crippen LogP contribution in [0.5, 0.6) is 0 Å². The zero-order valence-electron chi connectivity index (χ0n) is 14.0. The number of nitrogens with zero attached hydrogens (tertiary/aromatic N) is 1. The second-order valence-corrected chi connectivity index (χ2v) is 7.68. The van der Waals surface area contributed by atoms with Gasteiger partial charge < -0.3 is 15.0 Å². The summed E-state index contributed by atoms with van der Waals surface area (Å²) in [5.41, 5.74) is 0.918. The lowest BCUT2D eigenvalue weighted by Crippen LogP contribution is -2.53. The Bertz CT molecular complexity index is 606. The highest BCUT2D eigenvalue weighted by Crippen LogP contribution is 2.37. The Labute approximate surface area is 145 Å². The minimum absolute atomic E-state index is 0.337. The van der Waals surface area contributed by atoms with Crippen LogP contribution in [0.4, 0.5) is 0 Å². The molecule has 0 aromatic heterocycles. The Morgan fingerprint density at radius 1 is 1.42 bits per heavy atom. The summed E-state index contributed by atoms with van der Waals surface area (Å²) < 4.78 is 4.80. The molecule has 0 radical (unpaired) electrons.